The van der Waals surface area contributed by atoms with E-state index in [1.807, 2.05) is 171 Å². The number of morpholine rings is 6. The Morgan fingerprint density at radius 1 is 0.235 bits per heavy atom. The molecule has 7 saturated heterocycles. The normalized spacial score (nSPS) is 17.1. The molecule has 0 bridgehead atoms. The first kappa shape index (κ1) is 113. The van der Waals surface area contributed by atoms with Crippen LogP contribution in [0, 0.1) is 0 Å². The van der Waals surface area contributed by atoms with Gasteiger partial charge in [0, 0.05) is 13.1 Å². The third-order valence-electron chi connectivity index (χ3n) is 20.6. The molecule has 17 nitrogen and oxygen atoms in total. The van der Waals surface area contributed by atoms with Crippen molar-refractivity contribution in [2.75, 3.05) is 171 Å². The fourth-order valence-corrected chi connectivity index (χ4v) is 33.5. The van der Waals surface area contributed by atoms with Gasteiger partial charge in [-0.05, 0) is 73.5 Å². The summed E-state index contributed by atoms with van der Waals surface area (Å²) in [6.45, 7) is 41.7. The molecule has 7 fully saturated rings. The van der Waals surface area contributed by atoms with Crippen LogP contribution < -0.4 is 45.5 Å². The van der Waals surface area contributed by atoms with Crippen LogP contribution in [0.15, 0.2) is 249 Å². The molecule has 7 aliphatic rings. The number of para-hydroxylation sites is 4. The number of ether oxygens (including phenoxy) is 10. The molecule has 0 radical (unpaired) electrons. The zero-order chi connectivity index (χ0) is 93.9. The van der Waals surface area contributed by atoms with E-state index in [0.29, 0.717) is 0 Å². The molecular weight excluding hydrogens is 2260 g/mol. The summed E-state index contributed by atoms with van der Waals surface area (Å²) in [6.07, 6.45) is 4.76. The number of halogens is 8. The molecule has 0 N–H and O–H groups in total. The Morgan fingerprint density at radius 2 is 0.424 bits per heavy atom. The first-order chi connectivity index (χ1) is 64.2. The Balaban J connectivity index is 0.000000171. The summed E-state index contributed by atoms with van der Waals surface area (Å²) in [5.74, 6) is 3.40. The molecule has 7 aliphatic heterocycles. The molecule has 0 aromatic heterocycles. The maximum atomic E-state index is 5.82. The van der Waals surface area contributed by atoms with Crippen LogP contribution in [0.5, 0.6) is 23.0 Å². The fraction of sp³-hybridized carbons (Fsp3) is 0.414. The second-order valence-electron chi connectivity index (χ2n) is 31.8. The van der Waals surface area contributed by atoms with E-state index < -0.39 is 86.8 Å². The van der Waals surface area contributed by atoms with Crippen LogP contribution in [0.4, 0.5) is 0 Å². The van der Waals surface area contributed by atoms with E-state index in [2.05, 4.69) is 184 Å². The van der Waals surface area contributed by atoms with Crippen molar-refractivity contribution in [3.8, 4) is 23.0 Å². The van der Waals surface area contributed by atoms with Crippen molar-refractivity contribution in [2.45, 2.75) is 99.1 Å². The van der Waals surface area contributed by atoms with Gasteiger partial charge in [0.1, 0.15) is 42.7 Å². The molecule has 0 aliphatic carbocycles. The van der Waals surface area contributed by atoms with Crippen molar-refractivity contribution in [1.82, 2.24) is 32.7 Å². The monoisotopic (exact) mass is 2390 g/mol. The Bertz CT molecular complexity index is 4250. The number of piperidine rings is 1. The third-order valence-corrected chi connectivity index (χ3v) is 39.6. The number of nitrogens with zero attached hydrogens (tertiary/aromatic N) is 7. The molecule has 0 spiro atoms. The van der Waals surface area contributed by atoms with Gasteiger partial charge in [-0.3, -0.25) is 0 Å². The molecule has 0 amide bonds. The summed E-state index contributed by atoms with van der Waals surface area (Å²) in [6, 6.07) is 86.0. The van der Waals surface area contributed by atoms with Gasteiger partial charge in [-0.1, -0.05) is 97.4 Å². The molecular formula is C99H135Cl8N7O10P4Ru4+4. The second kappa shape index (κ2) is 66.4. The van der Waals surface area contributed by atoms with Crippen LogP contribution >= 0.6 is 110 Å². The maximum Gasteiger partial charge on any atom is 0.173 e. The van der Waals surface area contributed by atoms with Crippen LogP contribution in [0.25, 0.3) is 0 Å². The first-order valence-corrected chi connectivity index (χ1v) is 72.5. The van der Waals surface area contributed by atoms with E-state index in [1.54, 1.807) is 0 Å². The molecule has 33 heteroatoms. The van der Waals surface area contributed by atoms with Crippen LogP contribution in [0.3, 0.4) is 0 Å². The number of rotatable bonds is 24. The van der Waals surface area contributed by atoms with Gasteiger partial charge < -0.3 is 28.4 Å². The summed E-state index contributed by atoms with van der Waals surface area (Å²) in [5.41, 5.74) is 3.96. The van der Waals surface area contributed by atoms with E-state index >= 15 is 0 Å². The van der Waals surface area contributed by atoms with Crippen LogP contribution in [-0.2, 0) is 82.5 Å². The van der Waals surface area contributed by atoms with Gasteiger partial charge in [-0.25, -0.2) is 0 Å². The van der Waals surface area contributed by atoms with Gasteiger partial charge in [-0.2, -0.15) is 18.7 Å². The molecule has 0 unspecified atom stereocenters. The Labute approximate surface area is 844 Å². The molecule has 0 atom stereocenters. The number of hydrogen-bond acceptors (Lipinski definition) is 17. The van der Waals surface area contributed by atoms with Gasteiger partial charge in [0.2, 0.25) is 8.37 Å². The third kappa shape index (κ3) is 43.2. The fourth-order valence-electron chi connectivity index (χ4n) is 15.0. The van der Waals surface area contributed by atoms with E-state index in [0.717, 1.165) is 203 Å². The minimum absolute atomic E-state index is 0.163. The Morgan fingerprint density at radius 3 is 0.644 bits per heavy atom. The van der Waals surface area contributed by atoms with E-state index in [1.165, 1.54) is 58.9 Å². The van der Waals surface area contributed by atoms with Gasteiger partial charge in [0.15, 0.2) is 8.22 Å². The number of benzene rings is 9. The summed E-state index contributed by atoms with van der Waals surface area (Å²) >= 11 is -7.08. The molecule has 730 valence electrons. The predicted octanol–water partition coefficient (Wildman–Crippen LogP) is 20.5. The SMILES string of the molecule is C1CN([PH+](N2CCOCC2)N2CCOCC2)CCO1.CC(C)Oc1ccccc1[CH]=[Ru]([Cl])[Cl].CC(C)Oc1ccccc1[CH]=[Ru]([Cl])[Cl].CC(C)Oc1ccccc1[CH]=[Ru]([Cl])[Cl].CC(C)Oc1ccccc1[CH]=[Ru]([Cl])[Cl].c1ccc([PH+](N2CCOCC2)N2CCOCC2)cc1.c1ccc([PH+](c2ccccc2)N2CCCCC2)cc1.c1ccc([PH+](c2ccccc2)N2CCOCC2)cc1. The molecule has 9 aromatic carbocycles. The van der Waals surface area contributed by atoms with Crippen LogP contribution in [0.1, 0.15) is 96.9 Å². The van der Waals surface area contributed by atoms with E-state index in [4.69, 9.17) is 125 Å². The van der Waals surface area contributed by atoms with Gasteiger partial charge in [0.05, 0.1) is 158 Å². The predicted molar refractivity (Wildman–Crippen MR) is 560 cm³/mol. The quantitative estimate of drug-likeness (QED) is 0.0422. The van der Waals surface area contributed by atoms with Crippen LogP contribution in [0.2, 0.25) is 0 Å². The van der Waals surface area contributed by atoms with Crippen molar-refractivity contribution in [1.29, 1.82) is 0 Å². The minimum atomic E-state index is -1.77. The van der Waals surface area contributed by atoms with Crippen molar-refractivity contribution < 1.29 is 101 Å². The average Bonchev–Trinajstić information content (AvgIpc) is 0.850. The molecule has 132 heavy (non-hydrogen) atoms. The van der Waals surface area contributed by atoms with E-state index in [-0.39, 0.29) is 24.4 Å². The smallest absolute Gasteiger partial charge is 0.173 e. The molecule has 0 saturated carbocycles. The minimum Gasteiger partial charge on any atom is -0.379 e. The van der Waals surface area contributed by atoms with Crippen molar-refractivity contribution >= 4 is 155 Å². The zero-order valence-electron chi connectivity index (χ0n) is 76.9. The average molecular weight is 2400 g/mol. The van der Waals surface area contributed by atoms with Crippen LogP contribution in [-0.4, -0.2) is 246 Å². The number of hydrogen-bond donors (Lipinski definition) is 0. The summed E-state index contributed by atoms with van der Waals surface area (Å²) in [4.78, 5) is 0. The van der Waals surface area contributed by atoms with Crippen molar-refractivity contribution in [3.05, 3.63) is 271 Å². The summed E-state index contributed by atoms with van der Waals surface area (Å²) in [7, 11) is 43.3. The van der Waals surface area contributed by atoms with Crippen molar-refractivity contribution in [3.63, 3.8) is 0 Å². The second-order valence-corrected chi connectivity index (χ2v) is 64.7. The first-order valence-electron chi connectivity index (χ1n) is 45.0. The largest absolute Gasteiger partial charge is 0.379 e. The van der Waals surface area contributed by atoms with Gasteiger partial charge >= 0.3 is 391 Å². The Kier molecular flexibility index (Phi) is 57.0. The topological polar surface area (TPSA) is 115 Å². The molecule has 7 heterocycles. The molecule has 16 rings (SSSR count). The zero-order valence-corrected chi connectivity index (χ0v) is 93.9. The van der Waals surface area contributed by atoms with Gasteiger partial charge in [0.25, 0.3) is 0 Å². The van der Waals surface area contributed by atoms with Crippen molar-refractivity contribution in [2.24, 2.45) is 0 Å². The Hall–Kier alpha value is -2.33. The summed E-state index contributed by atoms with van der Waals surface area (Å²) in [5, 5.41) is 7.43. The molecule has 9 aromatic rings. The maximum absolute atomic E-state index is 5.82. The standard InChI is InChI=1S/C17H20NP.C16H18NOP.C14H21N2O2P.C12H24N3O3P.4C10H12O.8ClH.4Ru/c1-4-10-16(11-5-1)19(17-12-6-2-7-13-17)18-14-8-3-9-15-18;1-3-7-15(8-4-1)19(16-9-5-2-6-10-16)17-11-13-18-14-12-17;1-2-4-14(5-3-1)19(15-6-10-17-11-7-15)16-8-12-18-13-9-16;1-7-16-8-2-13(1)19(14-3-9-17-10-4-14)15-5-11-18-12-6-15;4*1-8(2)11-10-7-5-4-6-9(10)3;;;;;;;;;;;;/h1-2,4-7,10-13H,3,8-9,14-15H2;1-10H,11-14H2;1-5H,6-13H2;1-12H2;4*3-8H,1-2H3;8*1H;;;;/q;;;;;;;;;;;;;;;;4*+2/p-4. The van der Waals surface area contributed by atoms with E-state index in [9.17, 15) is 0 Å². The summed E-state index contributed by atoms with van der Waals surface area (Å²) < 4.78 is 81.7. The van der Waals surface area contributed by atoms with Gasteiger partial charge in [-0.15, -0.1) is 14.0 Å².